The second kappa shape index (κ2) is 11.7. The molecule has 0 fully saturated rings. The standard InChI is InChI=1S/C50H32N2O/c1-3-17-35(18-4-1)51(37-30-29-33-15-7-8-16-34(33)31-37)46-28-14-26-43-48-40-23-10-9-21-38(40)44(32-47(48)53-50(43)46)42-25-13-24-41-39-22-11-12-27-45(39)52(49(41)42)36-19-5-2-6-20-36/h1-32H. The van der Waals surface area contributed by atoms with E-state index in [4.69, 9.17) is 4.42 Å². The molecule has 53 heavy (non-hydrogen) atoms. The van der Waals surface area contributed by atoms with Crippen LogP contribution in [0.2, 0.25) is 0 Å². The summed E-state index contributed by atoms with van der Waals surface area (Å²) in [6.45, 7) is 0. The van der Waals surface area contributed by atoms with E-state index in [1.807, 2.05) is 0 Å². The molecule has 248 valence electrons. The molecule has 0 bridgehead atoms. The third kappa shape index (κ3) is 4.54. The molecular formula is C50H32N2O. The van der Waals surface area contributed by atoms with Crippen molar-refractivity contribution in [2.24, 2.45) is 0 Å². The molecule has 2 heterocycles. The van der Waals surface area contributed by atoms with Crippen LogP contribution in [0.25, 0.3) is 82.1 Å². The SMILES string of the molecule is c1ccc(N(c2ccc3ccccc3c2)c2cccc3c2oc2cc(-c4cccc5c6ccccc6n(-c6ccccc6)c45)c4ccccc4c23)cc1. The third-order valence-corrected chi connectivity index (χ3v) is 10.7. The highest BCUT2D eigenvalue weighted by Crippen LogP contribution is 2.47. The van der Waals surface area contributed by atoms with Crippen molar-refractivity contribution >= 4 is 82.4 Å². The molecule has 0 aliphatic heterocycles. The summed E-state index contributed by atoms with van der Waals surface area (Å²) in [4.78, 5) is 2.32. The van der Waals surface area contributed by atoms with Crippen LogP contribution in [0.5, 0.6) is 0 Å². The number of hydrogen-bond acceptors (Lipinski definition) is 2. The lowest BCUT2D eigenvalue weighted by Crippen LogP contribution is -2.10. The molecule has 2 aromatic heterocycles. The fraction of sp³-hybridized carbons (Fsp3) is 0. The number of hydrogen-bond donors (Lipinski definition) is 0. The molecule has 9 aromatic carbocycles. The lowest BCUT2D eigenvalue weighted by atomic mass is 9.93. The number of rotatable bonds is 5. The Kier molecular flexibility index (Phi) is 6.55. The van der Waals surface area contributed by atoms with Crippen LogP contribution in [0.4, 0.5) is 17.1 Å². The van der Waals surface area contributed by atoms with Gasteiger partial charge in [0.25, 0.3) is 0 Å². The Labute approximate surface area is 306 Å². The van der Waals surface area contributed by atoms with E-state index in [0.717, 1.165) is 50.3 Å². The van der Waals surface area contributed by atoms with Gasteiger partial charge in [0.05, 0.1) is 16.7 Å². The number of furan rings is 1. The summed E-state index contributed by atoms with van der Waals surface area (Å²) in [6.07, 6.45) is 0. The van der Waals surface area contributed by atoms with E-state index in [1.165, 1.54) is 48.9 Å². The zero-order valence-electron chi connectivity index (χ0n) is 28.8. The number of anilines is 3. The second-order valence-electron chi connectivity index (χ2n) is 13.7. The Hall–Kier alpha value is -7.10. The first kappa shape index (κ1) is 29.6. The first-order valence-corrected chi connectivity index (χ1v) is 18.1. The summed E-state index contributed by atoms with van der Waals surface area (Å²) in [5.74, 6) is 0. The van der Waals surface area contributed by atoms with E-state index >= 15 is 0 Å². The monoisotopic (exact) mass is 676 g/mol. The first-order valence-electron chi connectivity index (χ1n) is 18.1. The van der Waals surface area contributed by atoms with Gasteiger partial charge in [-0.15, -0.1) is 0 Å². The van der Waals surface area contributed by atoms with E-state index < -0.39 is 0 Å². The van der Waals surface area contributed by atoms with Gasteiger partial charge < -0.3 is 13.9 Å². The zero-order valence-corrected chi connectivity index (χ0v) is 28.8. The summed E-state index contributed by atoms with van der Waals surface area (Å²) in [6, 6.07) is 69.5. The summed E-state index contributed by atoms with van der Waals surface area (Å²) < 4.78 is 9.52. The largest absolute Gasteiger partial charge is 0.454 e. The Morgan fingerprint density at radius 3 is 1.92 bits per heavy atom. The van der Waals surface area contributed by atoms with Gasteiger partial charge in [-0.1, -0.05) is 140 Å². The van der Waals surface area contributed by atoms with Crippen molar-refractivity contribution in [2.75, 3.05) is 4.90 Å². The lowest BCUT2D eigenvalue weighted by Gasteiger charge is -2.25. The van der Waals surface area contributed by atoms with Gasteiger partial charge in [-0.25, -0.2) is 0 Å². The third-order valence-electron chi connectivity index (χ3n) is 10.7. The molecule has 0 spiro atoms. The van der Waals surface area contributed by atoms with Crippen molar-refractivity contribution in [1.82, 2.24) is 4.57 Å². The van der Waals surface area contributed by atoms with Gasteiger partial charge in [0.15, 0.2) is 5.58 Å². The van der Waals surface area contributed by atoms with Crippen LogP contribution >= 0.6 is 0 Å². The van der Waals surface area contributed by atoms with Crippen LogP contribution in [-0.2, 0) is 0 Å². The number of para-hydroxylation sites is 5. The number of fused-ring (bicyclic) bond motifs is 9. The molecule has 0 N–H and O–H groups in total. The van der Waals surface area contributed by atoms with Gasteiger partial charge in [-0.3, -0.25) is 0 Å². The van der Waals surface area contributed by atoms with Gasteiger partial charge in [-0.2, -0.15) is 0 Å². The maximum atomic E-state index is 7.10. The molecule has 0 radical (unpaired) electrons. The topological polar surface area (TPSA) is 21.3 Å². The first-order chi connectivity index (χ1) is 26.3. The van der Waals surface area contributed by atoms with E-state index in [1.54, 1.807) is 0 Å². The Morgan fingerprint density at radius 1 is 0.415 bits per heavy atom. The molecular weight excluding hydrogens is 645 g/mol. The van der Waals surface area contributed by atoms with E-state index in [2.05, 4.69) is 204 Å². The molecule has 11 rings (SSSR count). The fourth-order valence-electron chi connectivity index (χ4n) is 8.45. The van der Waals surface area contributed by atoms with Crippen LogP contribution in [0.3, 0.4) is 0 Å². The van der Waals surface area contributed by atoms with Gasteiger partial charge in [-0.05, 0) is 81.7 Å². The van der Waals surface area contributed by atoms with E-state index in [0.29, 0.717) is 0 Å². The maximum Gasteiger partial charge on any atom is 0.159 e. The lowest BCUT2D eigenvalue weighted by molar-refractivity contribution is 0.669. The Balaban J connectivity index is 1.21. The number of aromatic nitrogens is 1. The van der Waals surface area contributed by atoms with Crippen molar-refractivity contribution < 1.29 is 4.42 Å². The van der Waals surface area contributed by atoms with E-state index in [-0.39, 0.29) is 0 Å². The highest BCUT2D eigenvalue weighted by Gasteiger charge is 2.23. The highest BCUT2D eigenvalue weighted by atomic mass is 16.3. The van der Waals surface area contributed by atoms with Gasteiger partial charge in [0.1, 0.15) is 5.58 Å². The van der Waals surface area contributed by atoms with Gasteiger partial charge >= 0.3 is 0 Å². The molecule has 3 nitrogen and oxygen atoms in total. The molecule has 0 aliphatic carbocycles. The van der Waals surface area contributed by atoms with Crippen LogP contribution in [0.1, 0.15) is 0 Å². The zero-order chi connectivity index (χ0) is 34.9. The van der Waals surface area contributed by atoms with Crippen LogP contribution in [0, 0.1) is 0 Å². The van der Waals surface area contributed by atoms with Crippen LogP contribution < -0.4 is 4.90 Å². The quantitative estimate of drug-likeness (QED) is 0.181. The van der Waals surface area contributed by atoms with Crippen LogP contribution in [-0.4, -0.2) is 4.57 Å². The predicted octanol–water partition coefficient (Wildman–Crippen LogP) is 14.1. The molecule has 0 saturated carbocycles. The Bertz CT molecular complexity index is 3170. The summed E-state index contributed by atoms with van der Waals surface area (Å²) in [5, 5.41) is 9.47. The summed E-state index contributed by atoms with van der Waals surface area (Å²) >= 11 is 0. The van der Waals surface area contributed by atoms with Crippen molar-refractivity contribution in [2.45, 2.75) is 0 Å². The molecule has 0 unspecified atom stereocenters. The summed E-state index contributed by atoms with van der Waals surface area (Å²) in [7, 11) is 0. The predicted molar refractivity (Wildman–Crippen MR) is 223 cm³/mol. The molecule has 0 saturated heterocycles. The highest BCUT2D eigenvalue weighted by molar-refractivity contribution is 6.25. The van der Waals surface area contributed by atoms with Gasteiger partial charge in [0.2, 0.25) is 0 Å². The summed E-state index contributed by atoms with van der Waals surface area (Å²) in [5.41, 5.74) is 10.7. The molecule has 0 amide bonds. The minimum atomic E-state index is 0.860. The van der Waals surface area contributed by atoms with Crippen molar-refractivity contribution in [3.05, 3.63) is 194 Å². The van der Waals surface area contributed by atoms with Gasteiger partial charge in [0, 0.05) is 44.2 Å². The molecule has 11 aromatic rings. The normalized spacial score (nSPS) is 11.8. The molecule has 0 atom stereocenters. The smallest absolute Gasteiger partial charge is 0.159 e. The number of nitrogens with zero attached hydrogens (tertiary/aromatic N) is 2. The molecule has 3 heteroatoms. The van der Waals surface area contributed by atoms with E-state index in [9.17, 15) is 0 Å². The Morgan fingerprint density at radius 2 is 1.08 bits per heavy atom. The number of benzene rings is 9. The average Bonchev–Trinajstić information content (AvgIpc) is 3.78. The van der Waals surface area contributed by atoms with Crippen molar-refractivity contribution in [3.63, 3.8) is 0 Å². The van der Waals surface area contributed by atoms with Crippen molar-refractivity contribution in [1.29, 1.82) is 0 Å². The molecule has 0 aliphatic rings. The average molecular weight is 677 g/mol. The second-order valence-corrected chi connectivity index (χ2v) is 13.7. The fourth-order valence-corrected chi connectivity index (χ4v) is 8.45. The minimum absolute atomic E-state index is 0.860. The minimum Gasteiger partial charge on any atom is -0.454 e. The maximum absolute atomic E-state index is 7.10. The van der Waals surface area contributed by atoms with Crippen LogP contribution in [0.15, 0.2) is 199 Å². The van der Waals surface area contributed by atoms with Crippen molar-refractivity contribution in [3.8, 4) is 16.8 Å².